The molecular weight excluding hydrogens is 140 g/mol. The molecule has 0 aliphatic rings. The smallest absolute Gasteiger partial charge is 0.222 e. The molecule has 1 aromatic rings. The Hall–Kier alpha value is -1.09. The molecule has 3 heteroatoms. The minimum Gasteiger partial charge on any atom is -0.316 e. The van der Waals surface area contributed by atoms with Gasteiger partial charge in [-0.1, -0.05) is 0 Å². The van der Waals surface area contributed by atoms with Crippen molar-refractivity contribution in [2.75, 3.05) is 14.2 Å². The molecule has 0 bridgehead atoms. The highest BCUT2D eigenvalue weighted by molar-refractivity contribution is 5.06. The van der Waals surface area contributed by atoms with Crippen molar-refractivity contribution in [1.29, 1.82) is 0 Å². The average molecular weight is 153 g/mol. The van der Waals surface area contributed by atoms with Crippen LogP contribution in [0.15, 0.2) is 24.5 Å². The predicted molar refractivity (Wildman–Crippen MR) is 41.9 cm³/mol. The highest BCUT2D eigenvalue weighted by Crippen LogP contribution is 1.92. The Balaban J connectivity index is 2.66. The van der Waals surface area contributed by atoms with E-state index in [1.807, 2.05) is 31.6 Å². The monoisotopic (exact) mass is 153 g/mol. The van der Waals surface area contributed by atoms with Gasteiger partial charge in [-0.2, -0.15) is 0 Å². The maximum absolute atomic E-state index is 4.94. The van der Waals surface area contributed by atoms with Crippen LogP contribution in [0, 0.1) is 0 Å². The summed E-state index contributed by atoms with van der Waals surface area (Å²) in [7, 11) is 3.56. The summed E-state index contributed by atoms with van der Waals surface area (Å²) < 4.78 is 1.65. The minimum absolute atomic E-state index is 0.893. The van der Waals surface area contributed by atoms with Gasteiger partial charge in [0.1, 0.15) is 7.11 Å². The summed E-state index contributed by atoms with van der Waals surface area (Å²) in [6.45, 7) is 0.893. The van der Waals surface area contributed by atoms with Gasteiger partial charge in [0.2, 0.25) is 12.4 Å². The van der Waals surface area contributed by atoms with E-state index in [1.165, 1.54) is 5.56 Å². The molecule has 0 aromatic carbocycles. The summed E-state index contributed by atoms with van der Waals surface area (Å²) in [4.78, 5) is 4.94. The van der Waals surface area contributed by atoms with Gasteiger partial charge in [0.05, 0.1) is 0 Å². The second-order valence-corrected chi connectivity index (χ2v) is 2.28. The lowest BCUT2D eigenvalue weighted by Crippen LogP contribution is -2.39. The van der Waals surface area contributed by atoms with Crippen LogP contribution in [0.1, 0.15) is 5.56 Å². The van der Waals surface area contributed by atoms with Crippen LogP contribution in [0.4, 0.5) is 0 Å². The standard InChI is InChI=1S/C8H13N2O/c1-9-7-8-3-5-10(11-2)6-4-8/h3-6,9H,7H2,1-2H3/q+1. The van der Waals surface area contributed by atoms with Crippen molar-refractivity contribution >= 4 is 0 Å². The number of aromatic nitrogens is 1. The third-order valence-corrected chi connectivity index (χ3v) is 1.46. The molecule has 0 atom stereocenters. The molecule has 0 amide bonds. The van der Waals surface area contributed by atoms with Crippen LogP contribution in [0.2, 0.25) is 0 Å². The molecule has 11 heavy (non-hydrogen) atoms. The Kier molecular flexibility index (Phi) is 2.86. The largest absolute Gasteiger partial charge is 0.316 e. The number of nitrogens with zero attached hydrogens (tertiary/aromatic N) is 1. The van der Waals surface area contributed by atoms with E-state index in [2.05, 4.69) is 5.32 Å². The van der Waals surface area contributed by atoms with Crippen LogP contribution in [-0.2, 0) is 6.54 Å². The molecule has 0 saturated heterocycles. The summed E-state index contributed by atoms with van der Waals surface area (Å²) in [5.41, 5.74) is 1.25. The average Bonchev–Trinajstić information content (AvgIpc) is 2.07. The molecule has 1 heterocycles. The van der Waals surface area contributed by atoms with Crippen LogP contribution < -0.4 is 14.9 Å². The van der Waals surface area contributed by atoms with Gasteiger partial charge in [0.15, 0.2) is 0 Å². The van der Waals surface area contributed by atoms with Crippen molar-refractivity contribution in [3.63, 3.8) is 0 Å². The summed E-state index contributed by atoms with van der Waals surface area (Å²) in [5, 5.41) is 3.07. The summed E-state index contributed by atoms with van der Waals surface area (Å²) in [6.07, 6.45) is 3.76. The van der Waals surface area contributed by atoms with Crippen molar-refractivity contribution in [3.8, 4) is 0 Å². The Morgan fingerprint density at radius 2 is 2.09 bits per heavy atom. The molecule has 1 N–H and O–H groups in total. The summed E-state index contributed by atoms with van der Waals surface area (Å²) in [5.74, 6) is 0. The topological polar surface area (TPSA) is 25.1 Å². The molecule has 0 aliphatic carbocycles. The molecule has 0 spiro atoms. The fraction of sp³-hybridized carbons (Fsp3) is 0.375. The molecule has 60 valence electrons. The van der Waals surface area contributed by atoms with E-state index < -0.39 is 0 Å². The SMILES string of the molecule is CNCc1cc[n+](OC)cc1. The Labute approximate surface area is 66.6 Å². The summed E-state index contributed by atoms with van der Waals surface area (Å²) in [6, 6.07) is 4.03. The molecule has 1 rings (SSSR count). The normalized spacial score (nSPS) is 9.64. The molecule has 0 saturated carbocycles. The van der Waals surface area contributed by atoms with E-state index in [-0.39, 0.29) is 0 Å². The third-order valence-electron chi connectivity index (χ3n) is 1.46. The number of pyridine rings is 1. The highest BCUT2D eigenvalue weighted by Gasteiger charge is 1.97. The van der Waals surface area contributed by atoms with Gasteiger partial charge < -0.3 is 5.32 Å². The van der Waals surface area contributed by atoms with Gasteiger partial charge in [0, 0.05) is 23.4 Å². The third kappa shape index (κ3) is 2.20. The van der Waals surface area contributed by atoms with Crippen molar-refractivity contribution in [2.45, 2.75) is 6.54 Å². The molecule has 0 aliphatic heterocycles. The summed E-state index contributed by atoms with van der Waals surface area (Å²) >= 11 is 0. The van der Waals surface area contributed by atoms with Crippen molar-refractivity contribution in [3.05, 3.63) is 30.1 Å². The number of hydrogen-bond donors (Lipinski definition) is 1. The van der Waals surface area contributed by atoms with Crippen LogP contribution in [-0.4, -0.2) is 14.2 Å². The van der Waals surface area contributed by atoms with E-state index in [1.54, 1.807) is 11.8 Å². The number of nitrogens with one attached hydrogen (secondary N) is 1. The van der Waals surface area contributed by atoms with E-state index in [9.17, 15) is 0 Å². The minimum atomic E-state index is 0.893. The molecule has 0 unspecified atom stereocenters. The Morgan fingerprint density at radius 1 is 1.45 bits per heavy atom. The first-order chi connectivity index (χ1) is 5.36. The fourth-order valence-electron chi connectivity index (χ4n) is 0.887. The zero-order valence-corrected chi connectivity index (χ0v) is 6.87. The van der Waals surface area contributed by atoms with Gasteiger partial charge in [-0.15, -0.1) is 0 Å². The zero-order valence-electron chi connectivity index (χ0n) is 6.87. The first-order valence-corrected chi connectivity index (χ1v) is 3.56. The van der Waals surface area contributed by atoms with Gasteiger partial charge in [-0.05, 0) is 12.6 Å². The Bertz CT molecular complexity index is 208. The lowest BCUT2D eigenvalue weighted by molar-refractivity contribution is -0.885. The maximum Gasteiger partial charge on any atom is 0.222 e. The lowest BCUT2D eigenvalue weighted by atomic mass is 10.3. The van der Waals surface area contributed by atoms with Crippen molar-refractivity contribution in [2.24, 2.45) is 0 Å². The number of hydrogen-bond acceptors (Lipinski definition) is 2. The van der Waals surface area contributed by atoms with E-state index >= 15 is 0 Å². The molecule has 0 fully saturated rings. The van der Waals surface area contributed by atoms with Crippen LogP contribution >= 0.6 is 0 Å². The van der Waals surface area contributed by atoms with Gasteiger partial charge in [0.25, 0.3) is 0 Å². The van der Waals surface area contributed by atoms with Gasteiger partial charge in [-0.25, -0.2) is 0 Å². The zero-order chi connectivity index (χ0) is 8.10. The fourth-order valence-corrected chi connectivity index (χ4v) is 0.887. The first kappa shape index (κ1) is 8.01. The van der Waals surface area contributed by atoms with E-state index in [0.29, 0.717) is 0 Å². The van der Waals surface area contributed by atoms with Crippen molar-refractivity contribution in [1.82, 2.24) is 5.32 Å². The van der Waals surface area contributed by atoms with Crippen LogP contribution in [0.5, 0.6) is 0 Å². The quantitative estimate of drug-likeness (QED) is 0.606. The lowest BCUT2D eigenvalue weighted by Gasteiger charge is -1.96. The molecule has 3 nitrogen and oxygen atoms in total. The molecule has 1 aromatic heterocycles. The van der Waals surface area contributed by atoms with Crippen LogP contribution in [0.25, 0.3) is 0 Å². The molecule has 0 radical (unpaired) electrons. The highest BCUT2D eigenvalue weighted by atomic mass is 16.6. The van der Waals surface area contributed by atoms with E-state index in [4.69, 9.17) is 4.84 Å². The van der Waals surface area contributed by atoms with Crippen LogP contribution in [0.3, 0.4) is 0 Å². The predicted octanol–water partition coefficient (Wildman–Crippen LogP) is -0.248. The molecular formula is C8H13N2O+. The Morgan fingerprint density at radius 3 is 2.55 bits per heavy atom. The first-order valence-electron chi connectivity index (χ1n) is 3.56. The van der Waals surface area contributed by atoms with Gasteiger partial charge in [-0.3, -0.25) is 4.84 Å². The van der Waals surface area contributed by atoms with Crippen molar-refractivity contribution < 1.29 is 9.57 Å². The second kappa shape index (κ2) is 3.93. The van der Waals surface area contributed by atoms with Gasteiger partial charge >= 0.3 is 0 Å². The maximum atomic E-state index is 4.94. The van der Waals surface area contributed by atoms with E-state index in [0.717, 1.165) is 6.54 Å². The second-order valence-electron chi connectivity index (χ2n) is 2.28. The number of rotatable bonds is 3.